The van der Waals surface area contributed by atoms with Gasteiger partial charge in [0.15, 0.2) is 0 Å². The van der Waals surface area contributed by atoms with Gasteiger partial charge >= 0.3 is 0 Å². The Morgan fingerprint density at radius 1 is 0.933 bits per heavy atom. The molecule has 1 rings (SSSR count). The fourth-order valence-electron chi connectivity index (χ4n) is 2.01. The van der Waals surface area contributed by atoms with Crippen LogP contribution in [0.4, 0.5) is 17.1 Å². The molecule has 166 valence electrons. The Bertz CT molecular complexity index is 851. The first-order valence-electron chi connectivity index (χ1n) is 9.67. The van der Waals surface area contributed by atoms with Crippen LogP contribution in [0, 0.1) is 10.8 Å². The van der Waals surface area contributed by atoms with E-state index < -0.39 is 0 Å². The average Bonchev–Trinajstić information content (AvgIpc) is 2.55. The lowest BCUT2D eigenvalue weighted by Crippen LogP contribution is -2.31. The van der Waals surface area contributed by atoms with E-state index in [0.717, 1.165) is 6.42 Å². The summed E-state index contributed by atoms with van der Waals surface area (Å²) in [4.78, 5) is 16.6. The van der Waals surface area contributed by atoms with Crippen LogP contribution < -0.4 is 34.0 Å². The highest BCUT2D eigenvalue weighted by molar-refractivity contribution is 6.01. The molecule has 1 aromatic rings. The molecule has 0 aliphatic carbocycles. The highest BCUT2D eigenvalue weighted by Gasteiger charge is 2.15. The van der Waals surface area contributed by atoms with Crippen molar-refractivity contribution in [1.29, 1.82) is 0 Å². The van der Waals surface area contributed by atoms with Crippen LogP contribution in [0.3, 0.4) is 0 Å². The number of nitrogen functional groups attached to an aromatic ring is 1. The fraction of sp³-hybridized carbons (Fsp3) is 0.500. The van der Waals surface area contributed by atoms with E-state index in [4.69, 9.17) is 28.7 Å². The van der Waals surface area contributed by atoms with Gasteiger partial charge in [0.2, 0.25) is 17.9 Å². The molecule has 10 heteroatoms. The average molecular weight is 417 g/mol. The zero-order chi connectivity index (χ0) is 23.1. The first-order chi connectivity index (χ1) is 13.7. The van der Waals surface area contributed by atoms with Crippen LogP contribution in [0.25, 0.3) is 0 Å². The van der Waals surface area contributed by atoms with E-state index >= 15 is 0 Å². The topological polar surface area (TPSA) is 192 Å². The zero-order valence-electron chi connectivity index (χ0n) is 18.8. The van der Waals surface area contributed by atoms with Crippen LogP contribution in [0.5, 0.6) is 0 Å². The number of hydrogen-bond donors (Lipinski definition) is 6. The number of anilines is 2. The highest BCUT2D eigenvalue weighted by Crippen LogP contribution is 2.25. The molecule has 0 saturated carbocycles. The van der Waals surface area contributed by atoms with E-state index in [-0.39, 0.29) is 28.7 Å². The summed E-state index contributed by atoms with van der Waals surface area (Å²) >= 11 is 0. The van der Waals surface area contributed by atoms with Crippen LogP contribution >= 0.6 is 0 Å². The van der Waals surface area contributed by atoms with E-state index in [2.05, 4.69) is 46.1 Å². The Labute approximate surface area is 178 Å². The van der Waals surface area contributed by atoms with Gasteiger partial charge in [0.05, 0.1) is 11.4 Å². The van der Waals surface area contributed by atoms with Crippen LogP contribution in [-0.2, 0) is 0 Å². The Morgan fingerprint density at radius 2 is 1.57 bits per heavy atom. The second kappa shape index (κ2) is 9.95. The van der Waals surface area contributed by atoms with Gasteiger partial charge in [-0.1, -0.05) is 41.5 Å². The first-order valence-corrected chi connectivity index (χ1v) is 9.67. The second-order valence-corrected chi connectivity index (χ2v) is 9.16. The largest absolute Gasteiger partial charge is 0.397 e. The summed E-state index contributed by atoms with van der Waals surface area (Å²) < 4.78 is 0. The SMILES string of the molecule is CC(C)(C)CCN=C(N)N=C(N)Nc1ccc(N=C(N)N=C(N)C(C)(C)C)c(N)c1. The number of amidine groups is 1. The van der Waals surface area contributed by atoms with Crippen LogP contribution in [0.1, 0.15) is 48.0 Å². The van der Waals surface area contributed by atoms with Crippen molar-refractivity contribution in [2.24, 2.45) is 53.7 Å². The lowest BCUT2D eigenvalue weighted by atomic mass is 9.93. The lowest BCUT2D eigenvalue weighted by molar-refractivity contribution is 0.385. The molecule has 0 saturated heterocycles. The van der Waals surface area contributed by atoms with Crippen molar-refractivity contribution < 1.29 is 0 Å². The summed E-state index contributed by atoms with van der Waals surface area (Å²) in [5.41, 5.74) is 30.8. The molecule has 0 bridgehead atoms. The van der Waals surface area contributed by atoms with Gasteiger partial charge in [-0.25, -0.2) is 9.98 Å². The molecule has 0 fully saturated rings. The monoisotopic (exact) mass is 416 g/mol. The fourth-order valence-corrected chi connectivity index (χ4v) is 2.01. The van der Waals surface area contributed by atoms with E-state index in [0.29, 0.717) is 29.4 Å². The third-order valence-corrected chi connectivity index (χ3v) is 3.91. The molecular weight excluding hydrogens is 380 g/mol. The van der Waals surface area contributed by atoms with Crippen LogP contribution in [-0.4, -0.2) is 30.3 Å². The molecule has 0 heterocycles. The van der Waals surface area contributed by atoms with Gasteiger partial charge in [0.1, 0.15) is 5.84 Å². The minimum absolute atomic E-state index is 0.0233. The maximum Gasteiger partial charge on any atom is 0.222 e. The Hall–Kier alpha value is -3.30. The third kappa shape index (κ3) is 9.26. The lowest BCUT2D eigenvalue weighted by Gasteiger charge is -2.16. The van der Waals surface area contributed by atoms with Gasteiger partial charge in [0.25, 0.3) is 0 Å². The predicted octanol–water partition coefficient (Wildman–Crippen LogP) is 2.10. The van der Waals surface area contributed by atoms with Crippen molar-refractivity contribution in [2.75, 3.05) is 17.6 Å². The summed E-state index contributed by atoms with van der Waals surface area (Å²) in [5.74, 6) is 0.617. The number of hydrogen-bond acceptors (Lipinski definition) is 3. The van der Waals surface area contributed by atoms with Gasteiger partial charge in [-0.15, -0.1) is 0 Å². The number of rotatable bonds is 4. The van der Waals surface area contributed by atoms with Gasteiger partial charge < -0.3 is 34.0 Å². The summed E-state index contributed by atoms with van der Waals surface area (Å²) in [7, 11) is 0. The van der Waals surface area contributed by atoms with Gasteiger partial charge in [0, 0.05) is 17.6 Å². The summed E-state index contributed by atoms with van der Waals surface area (Å²) in [6, 6.07) is 5.06. The molecule has 0 radical (unpaired) electrons. The number of benzene rings is 1. The van der Waals surface area contributed by atoms with Crippen molar-refractivity contribution in [3.8, 4) is 0 Å². The number of nitrogens with one attached hydrogen (secondary N) is 1. The van der Waals surface area contributed by atoms with Crippen molar-refractivity contribution >= 4 is 40.8 Å². The van der Waals surface area contributed by atoms with Gasteiger partial charge in [-0.2, -0.15) is 4.99 Å². The van der Waals surface area contributed by atoms with E-state index in [1.165, 1.54) is 0 Å². The molecule has 0 aliphatic heterocycles. The second-order valence-electron chi connectivity index (χ2n) is 9.16. The van der Waals surface area contributed by atoms with Gasteiger partial charge in [-0.05, 0) is 30.0 Å². The van der Waals surface area contributed by atoms with Crippen molar-refractivity contribution in [1.82, 2.24) is 0 Å². The number of aliphatic imine (C=N–C) groups is 4. The summed E-state index contributed by atoms with van der Waals surface area (Å²) in [6.07, 6.45) is 0.893. The normalized spacial score (nSPS) is 14.7. The Morgan fingerprint density at radius 3 is 2.10 bits per heavy atom. The van der Waals surface area contributed by atoms with Crippen molar-refractivity contribution in [3.05, 3.63) is 18.2 Å². The van der Waals surface area contributed by atoms with Crippen molar-refractivity contribution in [3.63, 3.8) is 0 Å². The molecule has 0 amide bonds. The van der Waals surface area contributed by atoms with Crippen LogP contribution in [0.2, 0.25) is 0 Å². The maximum absolute atomic E-state index is 6.06. The molecular formula is C20H36N10. The quantitative estimate of drug-likeness (QED) is 0.247. The van der Waals surface area contributed by atoms with E-state index in [1.54, 1.807) is 18.2 Å². The molecule has 0 aromatic heterocycles. The highest BCUT2D eigenvalue weighted by atomic mass is 15.2. The molecule has 0 atom stereocenters. The smallest absolute Gasteiger partial charge is 0.222 e. The molecule has 11 N–H and O–H groups in total. The zero-order valence-corrected chi connectivity index (χ0v) is 18.8. The Kier molecular flexibility index (Phi) is 8.20. The minimum atomic E-state index is -0.311. The molecule has 30 heavy (non-hydrogen) atoms. The summed E-state index contributed by atoms with van der Waals surface area (Å²) in [5, 5.41) is 2.91. The standard InChI is InChI=1S/C20H36N10/c1-19(2,3)9-10-26-16(23)30-17(24)27-12-7-8-14(13(21)11-12)28-18(25)29-15(22)20(4,5)6/h7-8,11H,9-10,21H2,1-6H3,(H4,22,25,28,29)(H5,23,24,26,27,30). The molecule has 1 aromatic carbocycles. The number of nitrogens with zero attached hydrogens (tertiary/aromatic N) is 4. The third-order valence-electron chi connectivity index (χ3n) is 3.91. The predicted molar refractivity (Wildman–Crippen MR) is 129 cm³/mol. The Balaban J connectivity index is 2.87. The molecule has 0 spiro atoms. The number of guanidine groups is 3. The van der Waals surface area contributed by atoms with E-state index in [9.17, 15) is 0 Å². The molecule has 0 unspecified atom stereocenters. The van der Waals surface area contributed by atoms with Crippen LogP contribution in [0.15, 0.2) is 38.2 Å². The first kappa shape index (κ1) is 24.7. The number of nitrogens with two attached hydrogens (primary N) is 5. The van der Waals surface area contributed by atoms with E-state index in [1.807, 2.05) is 20.8 Å². The minimum Gasteiger partial charge on any atom is -0.397 e. The summed E-state index contributed by atoms with van der Waals surface area (Å²) in [6.45, 7) is 12.8. The van der Waals surface area contributed by atoms with Gasteiger partial charge in [-0.3, -0.25) is 4.99 Å². The maximum atomic E-state index is 6.06. The molecule has 0 aliphatic rings. The molecule has 10 nitrogen and oxygen atoms in total. The van der Waals surface area contributed by atoms with Crippen molar-refractivity contribution in [2.45, 2.75) is 48.0 Å².